The molecule has 0 bridgehead atoms. The Morgan fingerprint density at radius 1 is 1.23 bits per heavy atom. The van der Waals surface area contributed by atoms with E-state index in [1.165, 1.54) is 0 Å². The van der Waals surface area contributed by atoms with Crippen LogP contribution < -0.4 is 15.4 Å². The second kappa shape index (κ2) is 9.36. The monoisotopic (exact) mass is 354 g/mol. The van der Waals surface area contributed by atoms with Crippen molar-refractivity contribution in [2.24, 2.45) is 0 Å². The predicted molar refractivity (Wildman–Crippen MR) is 103 cm³/mol. The minimum Gasteiger partial charge on any atom is -0.491 e. The van der Waals surface area contributed by atoms with E-state index in [1.807, 2.05) is 36.4 Å². The van der Waals surface area contributed by atoms with E-state index in [9.17, 15) is 4.79 Å². The SMILES string of the molecule is CCNCc1ccccc1NC(=O)c1cccc(OCC2CCCO2)c1. The van der Waals surface area contributed by atoms with Gasteiger partial charge in [0.05, 0.1) is 6.10 Å². The summed E-state index contributed by atoms with van der Waals surface area (Å²) < 4.78 is 11.4. The van der Waals surface area contributed by atoms with Crippen LogP contribution in [0.4, 0.5) is 5.69 Å². The Morgan fingerprint density at radius 3 is 2.92 bits per heavy atom. The Bertz CT molecular complexity index is 727. The first-order valence-corrected chi connectivity index (χ1v) is 9.20. The summed E-state index contributed by atoms with van der Waals surface area (Å²) in [4.78, 5) is 12.6. The highest BCUT2D eigenvalue weighted by Gasteiger charge is 2.16. The van der Waals surface area contributed by atoms with E-state index < -0.39 is 0 Å². The maximum atomic E-state index is 12.6. The molecular formula is C21H26N2O3. The number of amides is 1. The van der Waals surface area contributed by atoms with Gasteiger partial charge in [0.25, 0.3) is 5.91 Å². The molecule has 1 heterocycles. The first-order valence-electron chi connectivity index (χ1n) is 9.20. The second-order valence-electron chi connectivity index (χ2n) is 6.37. The maximum absolute atomic E-state index is 12.6. The van der Waals surface area contributed by atoms with E-state index in [4.69, 9.17) is 9.47 Å². The Kier molecular flexibility index (Phi) is 6.63. The first kappa shape index (κ1) is 18.4. The number of hydrogen-bond donors (Lipinski definition) is 2. The van der Waals surface area contributed by atoms with Gasteiger partial charge >= 0.3 is 0 Å². The third kappa shape index (κ3) is 5.07. The van der Waals surface area contributed by atoms with Crippen molar-refractivity contribution in [1.82, 2.24) is 5.32 Å². The summed E-state index contributed by atoms with van der Waals surface area (Å²) in [6.45, 7) is 4.99. The molecule has 2 aromatic carbocycles. The molecule has 2 aromatic rings. The van der Waals surface area contributed by atoms with Crippen LogP contribution in [-0.2, 0) is 11.3 Å². The number of hydrogen-bond acceptors (Lipinski definition) is 4. The average molecular weight is 354 g/mol. The highest BCUT2D eigenvalue weighted by molar-refractivity contribution is 6.04. The van der Waals surface area contributed by atoms with E-state index in [1.54, 1.807) is 12.1 Å². The van der Waals surface area contributed by atoms with Crippen LogP contribution in [0.25, 0.3) is 0 Å². The van der Waals surface area contributed by atoms with Crippen LogP contribution in [-0.4, -0.2) is 31.8 Å². The van der Waals surface area contributed by atoms with Gasteiger partial charge in [0.15, 0.2) is 0 Å². The fourth-order valence-electron chi connectivity index (χ4n) is 2.94. The number of rotatable bonds is 8. The molecule has 0 aromatic heterocycles. The fraction of sp³-hybridized carbons (Fsp3) is 0.381. The summed E-state index contributed by atoms with van der Waals surface area (Å²) in [5, 5.41) is 6.29. The van der Waals surface area contributed by atoms with Gasteiger partial charge in [-0.05, 0) is 49.2 Å². The number of carbonyl (C=O) groups excluding carboxylic acids is 1. The minimum absolute atomic E-state index is 0.142. The zero-order valence-electron chi connectivity index (χ0n) is 15.2. The molecule has 5 nitrogen and oxygen atoms in total. The lowest BCUT2D eigenvalue weighted by atomic mass is 10.1. The Labute approximate surface area is 154 Å². The van der Waals surface area contributed by atoms with Crippen LogP contribution in [0.15, 0.2) is 48.5 Å². The number of anilines is 1. The number of nitrogens with one attached hydrogen (secondary N) is 2. The van der Waals surface area contributed by atoms with Gasteiger partial charge in [-0.3, -0.25) is 4.79 Å². The van der Waals surface area contributed by atoms with Crippen molar-refractivity contribution in [3.63, 3.8) is 0 Å². The summed E-state index contributed by atoms with van der Waals surface area (Å²) in [5.74, 6) is 0.547. The van der Waals surface area contributed by atoms with Crippen molar-refractivity contribution in [1.29, 1.82) is 0 Å². The summed E-state index contributed by atoms with van der Waals surface area (Å²) in [7, 11) is 0. The third-order valence-corrected chi connectivity index (χ3v) is 4.39. The van der Waals surface area contributed by atoms with E-state index in [0.29, 0.717) is 17.9 Å². The number of carbonyl (C=O) groups is 1. The average Bonchev–Trinajstić information content (AvgIpc) is 3.19. The molecule has 1 unspecified atom stereocenters. The smallest absolute Gasteiger partial charge is 0.255 e. The van der Waals surface area contributed by atoms with E-state index in [-0.39, 0.29) is 12.0 Å². The van der Waals surface area contributed by atoms with Crippen LogP contribution in [0.2, 0.25) is 0 Å². The van der Waals surface area contributed by atoms with Crippen molar-refractivity contribution in [2.75, 3.05) is 25.1 Å². The lowest BCUT2D eigenvalue weighted by Crippen LogP contribution is -2.18. The topological polar surface area (TPSA) is 59.6 Å². The molecule has 1 aliphatic rings. The molecule has 0 saturated carbocycles. The summed E-state index contributed by atoms with van der Waals surface area (Å²) in [6, 6.07) is 15.1. The molecule has 1 amide bonds. The summed E-state index contributed by atoms with van der Waals surface area (Å²) in [5.41, 5.74) is 2.46. The standard InChI is InChI=1S/C21H26N2O3/c1-2-22-14-17-7-3-4-11-20(17)23-21(24)16-8-5-9-18(13-16)26-15-19-10-6-12-25-19/h3-5,7-9,11,13,19,22H,2,6,10,12,14-15H2,1H3,(H,23,24). The van der Waals surface area contributed by atoms with E-state index >= 15 is 0 Å². The lowest BCUT2D eigenvalue weighted by Gasteiger charge is -2.13. The molecule has 0 spiro atoms. The molecule has 1 atom stereocenters. The summed E-state index contributed by atoms with van der Waals surface area (Å²) >= 11 is 0. The third-order valence-electron chi connectivity index (χ3n) is 4.39. The molecule has 5 heteroatoms. The zero-order valence-corrected chi connectivity index (χ0v) is 15.2. The minimum atomic E-state index is -0.142. The van der Waals surface area contributed by atoms with Crippen molar-refractivity contribution >= 4 is 11.6 Å². The molecular weight excluding hydrogens is 328 g/mol. The summed E-state index contributed by atoms with van der Waals surface area (Å²) in [6.07, 6.45) is 2.27. The quantitative estimate of drug-likeness (QED) is 0.760. The van der Waals surface area contributed by atoms with Crippen molar-refractivity contribution in [2.45, 2.75) is 32.4 Å². The van der Waals surface area contributed by atoms with Crippen molar-refractivity contribution in [3.8, 4) is 5.75 Å². The maximum Gasteiger partial charge on any atom is 0.255 e. The van der Waals surface area contributed by atoms with Gasteiger partial charge in [0, 0.05) is 24.4 Å². The second-order valence-corrected chi connectivity index (χ2v) is 6.37. The Morgan fingerprint density at radius 2 is 2.12 bits per heavy atom. The lowest BCUT2D eigenvalue weighted by molar-refractivity contribution is 0.0679. The van der Waals surface area contributed by atoms with E-state index in [2.05, 4.69) is 17.6 Å². The molecule has 26 heavy (non-hydrogen) atoms. The zero-order chi connectivity index (χ0) is 18.2. The number of ether oxygens (including phenoxy) is 2. The van der Waals surface area contributed by atoms with Gasteiger partial charge in [-0.25, -0.2) is 0 Å². The van der Waals surface area contributed by atoms with Crippen LogP contribution in [0.1, 0.15) is 35.7 Å². The van der Waals surface area contributed by atoms with Crippen LogP contribution >= 0.6 is 0 Å². The normalized spacial score (nSPS) is 16.4. The molecule has 1 fully saturated rings. The van der Waals surface area contributed by atoms with Crippen LogP contribution in [0, 0.1) is 0 Å². The van der Waals surface area contributed by atoms with E-state index in [0.717, 1.165) is 43.8 Å². The molecule has 1 aliphatic heterocycles. The molecule has 3 rings (SSSR count). The molecule has 138 valence electrons. The largest absolute Gasteiger partial charge is 0.491 e. The van der Waals surface area contributed by atoms with Crippen LogP contribution in [0.3, 0.4) is 0 Å². The van der Waals surface area contributed by atoms with Gasteiger partial charge < -0.3 is 20.1 Å². The van der Waals surface area contributed by atoms with Gasteiger partial charge in [-0.2, -0.15) is 0 Å². The van der Waals surface area contributed by atoms with Crippen LogP contribution in [0.5, 0.6) is 5.75 Å². The van der Waals surface area contributed by atoms with Crippen molar-refractivity contribution in [3.05, 3.63) is 59.7 Å². The van der Waals surface area contributed by atoms with Crippen molar-refractivity contribution < 1.29 is 14.3 Å². The number of benzene rings is 2. The molecule has 1 saturated heterocycles. The highest BCUT2D eigenvalue weighted by Crippen LogP contribution is 2.20. The molecule has 0 radical (unpaired) electrons. The van der Waals surface area contributed by atoms with Gasteiger partial charge in [0.2, 0.25) is 0 Å². The van der Waals surface area contributed by atoms with Gasteiger partial charge in [-0.1, -0.05) is 31.2 Å². The Hall–Kier alpha value is -2.37. The highest BCUT2D eigenvalue weighted by atomic mass is 16.5. The predicted octanol–water partition coefficient (Wildman–Crippen LogP) is 3.61. The van der Waals surface area contributed by atoms with Gasteiger partial charge in [0.1, 0.15) is 12.4 Å². The molecule has 2 N–H and O–H groups in total. The van der Waals surface area contributed by atoms with Gasteiger partial charge in [-0.15, -0.1) is 0 Å². The first-order chi connectivity index (χ1) is 12.8. The fourth-order valence-corrected chi connectivity index (χ4v) is 2.94. The molecule has 0 aliphatic carbocycles. The number of para-hydroxylation sites is 1. The Balaban J connectivity index is 1.63.